The Balaban J connectivity index is 3.41. The highest BCUT2D eigenvalue weighted by Crippen LogP contribution is 2.28. The number of alkyl carbamates (subject to hydrolysis) is 1. The first kappa shape index (κ1) is 29.1. The number of ether oxygens (including phenoxy) is 2. The second kappa shape index (κ2) is 13.1. The van der Waals surface area contributed by atoms with Crippen LogP contribution in [0.5, 0.6) is 5.75 Å². The summed E-state index contributed by atoms with van der Waals surface area (Å²) >= 11 is 4.22. The molecule has 0 aliphatic rings. The third-order valence-corrected chi connectivity index (χ3v) is 5.20. The first-order valence-corrected chi connectivity index (χ1v) is 11.5. The van der Waals surface area contributed by atoms with Crippen molar-refractivity contribution in [3.8, 4) is 5.75 Å². The van der Waals surface area contributed by atoms with Crippen molar-refractivity contribution in [2.45, 2.75) is 64.8 Å². The van der Waals surface area contributed by atoms with Gasteiger partial charge in [0.2, 0.25) is 11.8 Å². The molecular formula is C23H35N3O7S. The first-order valence-electron chi connectivity index (χ1n) is 10.9. The third kappa shape index (κ3) is 8.77. The molecule has 0 aliphatic carbocycles. The van der Waals surface area contributed by atoms with Crippen molar-refractivity contribution in [3.05, 3.63) is 29.8 Å². The van der Waals surface area contributed by atoms with E-state index < -0.39 is 54.1 Å². The number of nitrogens with one attached hydrogen (secondary N) is 2. The molecule has 1 aromatic carbocycles. The Morgan fingerprint density at radius 1 is 1.21 bits per heavy atom. The molecule has 0 aliphatic heterocycles. The number of nitrogens with zero attached hydrogens (tertiary/aromatic N) is 1. The van der Waals surface area contributed by atoms with Gasteiger partial charge in [-0.25, -0.2) is 4.79 Å². The van der Waals surface area contributed by atoms with Crippen LogP contribution in [0.4, 0.5) is 4.79 Å². The van der Waals surface area contributed by atoms with Gasteiger partial charge in [-0.3, -0.25) is 14.4 Å². The first-order chi connectivity index (χ1) is 15.8. The topological polar surface area (TPSA) is 134 Å². The number of esters is 1. The van der Waals surface area contributed by atoms with E-state index in [1.165, 1.54) is 24.1 Å². The lowest BCUT2D eigenvalue weighted by Gasteiger charge is -2.38. The average Bonchev–Trinajstić information content (AvgIpc) is 2.76. The van der Waals surface area contributed by atoms with Gasteiger partial charge >= 0.3 is 12.1 Å². The molecule has 1 aromatic rings. The van der Waals surface area contributed by atoms with Crippen molar-refractivity contribution in [2.24, 2.45) is 0 Å². The van der Waals surface area contributed by atoms with Gasteiger partial charge in [0, 0.05) is 11.8 Å². The highest BCUT2D eigenvalue weighted by atomic mass is 32.1. The molecule has 0 fully saturated rings. The maximum atomic E-state index is 13.6. The highest BCUT2D eigenvalue weighted by Gasteiger charge is 2.38. The molecule has 0 bridgehead atoms. The van der Waals surface area contributed by atoms with E-state index in [9.17, 15) is 24.3 Å². The number of hydrogen-bond donors (Lipinski definition) is 4. The summed E-state index contributed by atoms with van der Waals surface area (Å²) in [6, 6.07) is 3.17. The zero-order valence-electron chi connectivity index (χ0n) is 20.5. The molecule has 34 heavy (non-hydrogen) atoms. The number of amides is 3. The van der Waals surface area contributed by atoms with Crippen molar-refractivity contribution < 1.29 is 33.8 Å². The standard InChI is InChI=1S/C23H35N3O7S/c1-7-14(2)26(21(30)17(13-34)25-22(31)33-23(3,4)5)19(15-9-8-10-16(27)11-15)20(29)24-12-18(28)32-6/h8-11,14,17,19,27,34H,7,12-13H2,1-6H3,(H,24,29)(H,25,31). The molecule has 0 saturated heterocycles. The maximum absolute atomic E-state index is 13.6. The fourth-order valence-corrected chi connectivity index (χ4v) is 3.32. The summed E-state index contributed by atoms with van der Waals surface area (Å²) < 4.78 is 9.83. The summed E-state index contributed by atoms with van der Waals surface area (Å²) in [6.07, 6.45) is -0.315. The number of benzene rings is 1. The average molecular weight is 498 g/mol. The van der Waals surface area contributed by atoms with E-state index in [0.717, 1.165) is 0 Å². The van der Waals surface area contributed by atoms with Crippen molar-refractivity contribution in [2.75, 3.05) is 19.4 Å². The zero-order chi connectivity index (χ0) is 26.1. The number of hydrogen-bond acceptors (Lipinski definition) is 8. The van der Waals surface area contributed by atoms with Gasteiger partial charge in [-0.15, -0.1) is 0 Å². The van der Waals surface area contributed by atoms with Crippen molar-refractivity contribution in [3.63, 3.8) is 0 Å². The van der Waals surface area contributed by atoms with Gasteiger partial charge in [0.1, 0.15) is 30.0 Å². The lowest BCUT2D eigenvalue weighted by atomic mass is 10.00. The summed E-state index contributed by atoms with van der Waals surface area (Å²) in [5.74, 6) is -2.04. The molecule has 0 spiro atoms. The molecule has 3 atom stereocenters. The van der Waals surface area contributed by atoms with Crippen LogP contribution in [-0.2, 0) is 23.9 Å². The van der Waals surface area contributed by atoms with E-state index in [1.807, 2.05) is 6.92 Å². The monoisotopic (exact) mass is 497 g/mol. The summed E-state index contributed by atoms with van der Waals surface area (Å²) in [7, 11) is 1.19. The predicted octanol–water partition coefficient (Wildman–Crippen LogP) is 2.17. The number of rotatable bonds is 10. The SMILES string of the molecule is CCC(C)N(C(=O)C(CS)NC(=O)OC(C)(C)C)C(C(=O)NCC(=O)OC)c1cccc(O)c1. The lowest BCUT2D eigenvalue weighted by Crippen LogP contribution is -2.56. The number of methoxy groups -OCH3 is 1. The van der Waals surface area contributed by atoms with Gasteiger partial charge in [0.05, 0.1) is 7.11 Å². The molecule has 3 N–H and O–H groups in total. The molecule has 0 saturated carbocycles. The Kier molecular flexibility index (Phi) is 11.2. The lowest BCUT2D eigenvalue weighted by molar-refractivity contribution is -0.146. The fourth-order valence-electron chi connectivity index (χ4n) is 3.07. The number of aromatic hydroxyl groups is 1. The van der Waals surface area contributed by atoms with Gasteiger partial charge in [-0.05, 0) is 51.8 Å². The maximum Gasteiger partial charge on any atom is 0.408 e. The van der Waals surface area contributed by atoms with Crippen molar-refractivity contribution >= 4 is 36.5 Å². The summed E-state index contributed by atoms with van der Waals surface area (Å²) in [6.45, 7) is 8.27. The normalized spacial score (nSPS) is 13.7. The number of carbonyl (C=O) groups is 4. The Hall–Kier alpha value is -2.95. The molecule has 0 radical (unpaired) electrons. The second-order valence-corrected chi connectivity index (χ2v) is 9.04. The van der Waals surface area contributed by atoms with Gasteiger partial charge in [-0.2, -0.15) is 12.6 Å². The van der Waals surface area contributed by atoms with Crippen LogP contribution in [0.15, 0.2) is 24.3 Å². The largest absolute Gasteiger partial charge is 0.508 e. The number of phenolic OH excluding ortho intramolecular Hbond substituents is 1. The number of carbonyl (C=O) groups excluding carboxylic acids is 4. The molecule has 3 amide bonds. The molecule has 1 rings (SSSR count). The minimum absolute atomic E-state index is 0.0540. The number of thiol groups is 1. The van der Waals surface area contributed by atoms with Gasteiger partial charge < -0.3 is 30.1 Å². The van der Waals surface area contributed by atoms with Crippen LogP contribution in [0.1, 0.15) is 52.6 Å². The molecule has 0 aromatic heterocycles. The van der Waals surface area contributed by atoms with Gasteiger partial charge in [-0.1, -0.05) is 19.1 Å². The van der Waals surface area contributed by atoms with E-state index in [2.05, 4.69) is 28.0 Å². The van der Waals surface area contributed by atoms with Crippen LogP contribution in [0.3, 0.4) is 0 Å². The van der Waals surface area contributed by atoms with E-state index in [0.29, 0.717) is 12.0 Å². The van der Waals surface area contributed by atoms with Crippen molar-refractivity contribution in [1.82, 2.24) is 15.5 Å². The van der Waals surface area contributed by atoms with Crippen LogP contribution < -0.4 is 10.6 Å². The highest BCUT2D eigenvalue weighted by molar-refractivity contribution is 7.80. The fraction of sp³-hybridized carbons (Fsp3) is 0.565. The minimum Gasteiger partial charge on any atom is -0.508 e. The molecule has 190 valence electrons. The molecular weight excluding hydrogens is 462 g/mol. The minimum atomic E-state index is -1.21. The quantitative estimate of drug-likeness (QED) is 0.287. The molecule has 10 nitrogen and oxygen atoms in total. The Labute approximate surface area is 205 Å². The Morgan fingerprint density at radius 2 is 1.85 bits per heavy atom. The number of phenols is 1. The van der Waals surface area contributed by atoms with E-state index >= 15 is 0 Å². The summed E-state index contributed by atoms with van der Waals surface area (Å²) in [5, 5.41) is 15.0. The third-order valence-electron chi connectivity index (χ3n) is 4.84. The van der Waals surface area contributed by atoms with Crippen LogP contribution in [0.25, 0.3) is 0 Å². The molecule has 0 heterocycles. The van der Waals surface area contributed by atoms with Gasteiger partial charge in [0.25, 0.3) is 0 Å². The van der Waals surface area contributed by atoms with E-state index in [1.54, 1.807) is 39.8 Å². The van der Waals surface area contributed by atoms with Gasteiger partial charge in [0.15, 0.2) is 0 Å². The summed E-state index contributed by atoms with van der Waals surface area (Å²) in [5.41, 5.74) is -0.450. The van der Waals surface area contributed by atoms with E-state index in [4.69, 9.17) is 4.74 Å². The predicted molar refractivity (Wildman–Crippen MR) is 129 cm³/mol. The zero-order valence-corrected chi connectivity index (χ0v) is 21.3. The summed E-state index contributed by atoms with van der Waals surface area (Å²) in [4.78, 5) is 52.1. The molecule has 3 unspecified atom stereocenters. The van der Waals surface area contributed by atoms with Crippen LogP contribution in [0.2, 0.25) is 0 Å². The van der Waals surface area contributed by atoms with Crippen LogP contribution in [0, 0.1) is 0 Å². The van der Waals surface area contributed by atoms with Crippen LogP contribution >= 0.6 is 12.6 Å². The second-order valence-electron chi connectivity index (χ2n) is 8.68. The smallest absolute Gasteiger partial charge is 0.408 e. The van der Waals surface area contributed by atoms with Crippen LogP contribution in [-0.4, -0.2) is 71.0 Å². The Morgan fingerprint density at radius 3 is 2.35 bits per heavy atom. The molecule has 11 heteroatoms. The Bertz CT molecular complexity index is 872. The van der Waals surface area contributed by atoms with E-state index in [-0.39, 0.29) is 11.5 Å². The van der Waals surface area contributed by atoms with Crippen molar-refractivity contribution in [1.29, 1.82) is 0 Å².